The first-order valence-corrected chi connectivity index (χ1v) is 10.7. The number of carbonyl (C=O) groups excluding carboxylic acids is 1. The molecule has 0 unspecified atom stereocenters. The van der Waals surface area contributed by atoms with Gasteiger partial charge in [-0.05, 0) is 32.9 Å². The topological polar surface area (TPSA) is 82.9 Å². The highest BCUT2D eigenvalue weighted by atomic mass is 16.5. The average Bonchev–Trinajstić information content (AvgIpc) is 3.10. The van der Waals surface area contributed by atoms with Crippen molar-refractivity contribution in [3.63, 3.8) is 0 Å². The van der Waals surface area contributed by atoms with E-state index in [1.807, 2.05) is 49.6 Å². The fourth-order valence-corrected chi connectivity index (χ4v) is 3.59. The van der Waals surface area contributed by atoms with Gasteiger partial charge in [0.15, 0.2) is 0 Å². The third kappa shape index (κ3) is 7.05. The normalized spacial score (nSPS) is 17.3. The monoisotopic (exact) mass is 417 g/mol. The summed E-state index contributed by atoms with van der Waals surface area (Å²) >= 11 is 0. The Morgan fingerprint density at radius 2 is 1.90 bits per heavy atom. The van der Waals surface area contributed by atoms with Gasteiger partial charge in [-0.15, -0.1) is 0 Å². The summed E-state index contributed by atoms with van der Waals surface area (Å²) < 4.78 is 7.53. The van der Waals surface area contributed by atoms with Gasteiger partial charge < -0.3 is 19.7 Å². The highest BCUT2D eigenvalue weighted by molar-refractivity contribution is 5.80. The van der Waals surface area contributed by atoms with Crippen molar-refractivity contribution < 1.29 is 14.6 Å². The zero-order valence-corrected chi connectivity index (χ0v) is 18.4. The number of aliphatic hydroxyl groups is 1. The molecule has 1 fully saturated rings. The Morgan fingerprint density at radius 1 is 1.20 bits per heavy atom. The number of fused-ring (bicyclic) bond motifs is 1. The molecule has 0 aliphatic carbocycles. The van der Waals surface area contributed by atoms with E-state index in [0.29, 0.717) is 19.7 Å². The number of nitrogens with zero attached hydrogens (tertiary/aromatic N) is 4. The van der Waals surface area contributed by atoms with Gasteiger partial charge in [0.2, 0.25) is 5.91 Å². The van der Waals surface area contributed by atoms with E-state index >= 15 is 0 Å². The zero-order valence-electron chi connectivity index (χ0n) is 18.4. The zero-order chi connectivity index (χ0) is 21.6. The molecule has 0 radical (unpaired) electrons. The molecule has 0 saturated carbocycles. The Morgan fingerprint density at radius 3 is 2.63 bits per heavy atom. The summed E-state index contributed by atoms with van der Waals surface area (Å²) in [6.45, 7) is 12.4. The van der Waals surface area contributed by atoms with Gasteiger partial charge in [-0.25, -0.2) is 4.98 Å². The van der Waals surface area contributed by atoms with Gasteiger partial charge in [0, 0.05) is 45.8 Å². The van der Waals surface area contributed by atoms with Crippen LogP contribution in [0.15, 0.2) is 30.6 Å². The maximum Gasteiger partial charge on any atom is 0.240 e. The standard InChI is InChI=1S/C22H35N5O3/c1-22(2,3)30-16-18(28)14-26-12-10-25(11-13-26)9-8-23-21(29)15-27-17-24-19-6-4-5-7-20(19)27/h4-7,17-18,28H,8-16H2,1-3H3,(H,23,29)/t18-/m1/s1. The molecule has 1 aliphatic rings. The van der Waals surface area contributed by atoms with Crippen molar-refractivity contribution in [1.29, 1.82) is 0 Å². The van der Waals surface area contributed by atoms with E-state index in [1.165, 1.54) is 0 Å². The highest BCUT2D eigenvalue weighted by Gasteiger charge is 2.20. The van der Waals surface area contributed by atoms with Gasteiger partial charge in [-0.3, -0.25) is 14.6 Å². The molecule has 0 bridgehead atoms. The van der Waals surface area contributed by atoms with Crippen LogP contribution in [0.3, 0.4) is 0 Å². The number of hydrogen-bond donors (Lipinski definition) is 2. The molecule has 30 heavy (non-hydrogen) atoms. The van der Waals surface area contributed by atoms with Crippen molar-refractivity contribution in [3.8, 4) is 0 Å². The molecule has 2 heterocycles. The lowest BCUT2D eigenvalue weighted by molar-refractivity contribution is -0.121. The number of aliphatic hydroxyl groups excluding tert-OH is 1. The maximum absolute atomic E-state index is 12.3. The lowest BCUT2D eigenvalue weighted by Gasteiger charge is -2.35. The first kappa shape index (κ1) is 22.7. The first-order valence-electron chi connectivity index (χ1n) is 10.7. The van der Waals surface area contributed by atoms with Crippen molar-refractivity contribution in [1.82, 2.24) is 24.7 Å². The van der Waals surface area contributed by atoms with E-state index < -0.39 is 6.10 Å². The lowest BCUT2D eigenvalue weighted by atomic mass is 10.2. The molecule has 2 aromatic rings. The Bertz CT molecular complexity index is 808. The SMILES string of the molecule is CC(C)(C)OC[C@H](O)CN1CCN(CCNC(=O)Cn2cnc3ccccc32)CC1. The fourth-order valence-electron chi connectivity index (χ4n) is 3.59. The van der Waals surface area contributed by atoms with Gasteiger partial charge in [0.1, 0.15) is 6.54 Å². The summed E-state index contributed by atoms with van der Waals surface area (Å²) in [4.78, 5) is 21.2. The van der Waals surface area contributed by atoms with E-state index in [1.54, 1.807) is 6.33 Å². The van der Waals surface area contributed by atoms with Crippen LogP contribution in [0.2, 0.25) is 0 Å². The van der Waals surface area contributed by atoms with Crippen molar-refractivity contribution in [3.05, 3.63) is 30.6 Å². The number of hydrogen-bond acceptors (Lipinski definition) is 6. The summed E-state index contributed by atoms with van der Waals surface area (Å²) in [6, 6.07) is 7.82. The van der Waals surface area contributed by atoms with Crippen molar-refractivity contribution in [2.24, 2.45) is 0 Å². The Balaban J connectivity index is 1.30. The van der Waals surface area contributed by atoms with Crippen LogP contribution in [0.25, 0.3) is 11.0 Å². The molecule has 8 heteroatoms. The molecule has 8 nitrogen and oxygen atoms in total. The Hall–Kier alpha value is -2.00. The molecule has 0 spiro atoms. The van der Waals surface area contributed by atoms with Gasteiger partial charge >= 0.3 is 0 Å². The van der Waals surface area contributed by atoms with Crippen molar-refractivity contribution in [2.45, 2.75) is 39.0 Å². The summed E-state index contributed by atoms with van der Waals surface area (Å²) in [6.07, 6.45) is 1.25. The molecule has 3 rings (SSSR count). The van der Waals surface area contributed by atoms with E-state index in [-0.39, 0.29) is 18.1 Å². The maximum atomic E-state index is 12.3. The molecular weight excluding hydrogens is 382 g/mol. The number of piperazine rings is 1. The minimum absolute atomic E-state index is 0.00115. The van der Waals surface area contributed by atoms with E-state index in [4.69, 9.17) is 4.74 Å². The molecule has 2 N–H and O–H groups in total. The second-order valence-corrected chi connectivity index (χ2v) is 8.93. The first-order chi connectivity index (χ1) is 14.3. The largest absolute Gasteiger partial charge is 0.389 e. The number of aromatic nitrogens is 2. The van der Waals surface area contributed by atoms with Crippen LogP contribution in [-0.2, 0) is 16.1 Å². The second kappa shape index (κ2) is 10.3. The number of benzene rings is 1. The van der Waals surface area contributed by atoms with Crippen LogP contribution in [0.1, 0.15) is 20.8 Å². The number of ether oxygens (including phenoxy) is 1. The molecule has 1 aromatic heterocycles. The predicted molar refractivity (Wildman–Crippen MR) is 117 cm³/mol. The van der Waals surface area contributed by atoms with Gasteiger partial charge in [-0.1, -0.05) is 12.1 Å². The summed E-state index contributed by atoms with van der Waals surface area (Å²) in [5.41, 5.74) is 1.65. The Kier molecular flexibility index (Phi) is 7.82. The number of imidazole rings is 1. The number of amides is 1. The predicted octanol–water partition coefficient (Wildman–Crippen LogP) is 0.946. The number of nitrogens with one attached hydrogen (secondary N) is 1. The van der Waals surface area contributed by atoms with E-state index in [9.17, 15) is 9.90 Å². The molecular formula is C22H35N5O3. The number of para-hydroxylation sites is 2. The summed E-state index contributed by atoms with van der Waals surface area (Å²) in [5, 5.41) is 13.2. The van der Waals surface area contributed by atoms with Crippen LogP contribution in [0.5, 0.6) is 0 Å². The van der Waals surface area contributed by atoms with Crippen molar-refractivity contribution >= 4 is 16.9 Å². The van der Waals surface area contributed by atoms with Crippen LogP contribution in [-0.4, -0.2) is 94.5 Å². The van der Waals surface area contributed by atoms with E-state index in [2.05, 4.69) is 20.1 Å². The summed E-state index contributed by atoms with van der Waals surface area (Å²) in [5.74, 6) is -0.00115. The summed E-state index contributed by atoms with van der Waals surface area (Å²) in [7, 11) is 0. The third-order valence-corrected chi connectivity index (χ3v) is 5.23. The van der Waals surface area contributed by atoms with Gasteiger partial charge in [-0.2, -0.15) is 0 Å². The minimum Gasteiger partial charge on any atom is -0.389 e. The van der Waals surface area contributed by atoms with Gasteiger partial charge in [0.05, 0.1) is 35.7 Å². The lowest BCUT2D eigenvalue weighted by Crippen LogP contribution is -2.50. The number of carbonyl (C=O) groups is 1. The minimum atomic E-state index is -0.464. The smallest absolute Gasteiger partial charge is 0.240 e. The molecule has 1 saturated heterocycles. The quantitative estimate of drug-likeness (QED) is 0.632. The molecule has 1 aromatic carbocycles. The molecule has 1 amide bonds. The highest BCUT2D eigenvalue weighted by Crippen LogP contribution is 2.11. The average molecular weight is 418 g/mol. The van der Waals surface area contributed by atoms with E-state index in [0.717, 1.165) is 43.8 Å². The van der Waals surface area contributed by atoms with Gasteiger partial charge in [0.25, 0.3) is 0 Å². The van der Waals surface area contributed by atoms with Crippen molar-refractivity contribution in [2.75, 3.05) is 52.4 Å². The van der Waals surface area contributed by atoms with Crippen LogP contribution in [0.4, 0.5) is 0 Å². The number of β-amino-alcohol motifs (C(OH)–C–C–N with tert-alkyl or cyclic N) is 1. The number of rotatable bonds is 9. The second-order valence-electron chi connectivity index (χ2n) is 8.93. The Labute approximate surface area is 178 Å². The fraction of sp³-hybridized carbons (Fsp3) is 0.636. The van der Waals surface area contributed by atoms with Crippen LogP contribution in [0, 0.1) is 0 Å². The molecule has 1 aliphatic heterocycles. The molecule has 166 valence electrons. The third-order valence-electron chi connectivity index (χ3n) is 5.23. The molecule has 1 atom stereocenters. The van der Waals surface area contributed by atoms with Crippen LogP contribution < -0.4 is 5.32 Å². The van der Waals surface area contributed by atoms with Crippen LogP contribution >= 0.6 is 0 Å².